The Balaban J connectivity index is 1.84. The minimum Gasteiger partial charge on any atom is -0.493 e. The van der Waals surface area contributed by atoms with Gasteiger partial charge < -0.3 is 14.8 Å². The number of hydrogen-bond acceptors (Lipinski definition) is 3. The summed E-state index contributed by atoms with van der Waals surface area (Å²) < 4.78 is 48.7. The lowest BCUT2D eigenvalue weighted by molar-refractivity contribution is -0.137. The van der Waals surface area contributed by atoms with Gasteiger partial charge in [-0.1, -0.05) is 24.3 Å². The van der Waals surface area contributed by atoms with Crippen LogP contribution in [0.4, 0.5) is 13.2 Å². The Bertz CT molecular complexity index is 798. The molecule has 26 heavy (non-hydrogen) atoms. The first kappa shape index (κ1) is 18.3. The Morgan fingerprint density at radius 1 is 1.04 bits per heavy atom. The molecule has 0 saturated heterocycles. The molecule has 1 heterocycles. The highest BCUT2D eigenvalue weighted by Crippen LogP contribution is 2.36. The molecule has 0 fully saturated rings. The summed E-state index contributed by atoms with van der Waals surface area (Å²) in [5.74, 6) is 1.35. The maximum absolute atomic E-state index is 12.6. The normalized spacial score (nSPS) is 17.2. The van der Waals surface area contributed by atoms with Crippen LogP contribution in [0.25, 0.3) is 6.08 Å². The molecule has 2 aromatic rings. The third-order valence-corrected chi connectivity index (χ3v) is 4.46. The number of halogens is 3. The number of alkyl halides is 3. The van der Waals surface area contributed by atoms with Gasteiger partial charge in [-0.15, -0.1) is 0 Å². The molecule has 0 amide bonds. The van der Waals surface area contributed by atoms with Gasteiger partial charge in [0.25, 0.3) is 0 Å². The van der Waals surface area contributed by atoms with E-state index in [1.165, 1.54) is 17.7 Å². The average molecular weight is 363 g/mol. The van der Waals surface area contributed by atoms with Crippen molar-refractivity contribution < 1.29 is 22.6 Å². The molecule has 6 heteroatoms. The van der Waals surface area contributed by atoms with Gasteiger partial charge in [-0.25, -0.2) is 0 Å². The SMILES string of the molecule is COc1cc2c(cc1OC)[C@H](C=Cc1ccc(C(F)(F)F)cc1)NCC2. The highest BCUT2D eigenvalue weighted by Gasteiger charge is 2.29. The number of nitrogens with one attached hydrogen (secondary N) is 1. The van der Waals surface area contributed by atoms with Gasteiger partial charge in [0, 0.05) is 6.54 Å². The average Bonchev–Trinajstić information content (AvgIpc) is 2.64. The van der Waals surface area contributed by atoms with E-state index in [9.17, 15) is 13.2 Å². The van der Waals surface area contributed by atoms with Gasteiger partial charge in [-0.3, -0.25) is 0 Å². The molecule has 0 spiro atoms. The van der Waals surface area contributed by atoms with E-state index < -0.39 is 11.7 Å². The van der Waals surface area contributed by atoms with Crippen LogP contribution < -0.4 is 14.8 Å². The minimum atomic E-state index is -4.32. The number of benzene rings is 2. The lowest BCUT2D eigenvalue weighted by Crippen LogP contribution is -2.28. The van der Waals surface area contributed by atoms with Gasteiger partial charge in [0.1, 0.15) is 0 Å². The molecule has 1 aliphatic heterocycles. The van der Waals surface area contributed by atoms with Gasteiger partial charge in [-0.2, -0.15) is 13.2 Å². The van der Waals surface area contributed by atoms with Crippen LogP contribution in [0.3, 0.4) is 0 Å². The van der Waals surface area contributed by atoms with Gasteiger partial charge in [0.05, 0.1) is 25.8 Å². The van der Waals surface area contributed by atoms with Crippen molar-refractivity contribution in [2.75, 3.05) is 20.8 Å². The van der Waals surface area contributed by atoms with Crippen molar-refractivity contribution >= 4 is 6.08 Å². The van der Waals surface area contributed by atoms with E-state index in [1.54, 1.807) is 14.2 Å². The predicted octanol–water partition coefficient (Wildman–Crippen LogP) is 4.62. The summed E-state index contributed by atoms with van der Waals surface area (Å²) in [6.45, 7) is 0.810. The van der Waals surface area contributed by atoms with Gasteiger partial charge in [0.2, 0.25) is 0 Å². The maximum atomic E-state index is 12.6. The van der Waals surface area contributed by atoms with E-state index in [0.29, 0.717) is 17.1 Å². The maximum Gasteiger partial charge on any atom is 0.416 e. The fraction of sp³-hybridized carbons (Fsp3) is 0.300. The Morgan fingerprint density at radius 2 is 1.69 bits per heavy atom. The highest BCUT2D eigenvalue weighted by molar-refractivity contribution is 5.55. The zero-order valence-corrected chi connectivity index (χ0v) is 14.6. The van der Waals surface area contributed by atoms with E-state index in [2.05, 4.69) is 5.32 Å². The summed E-state index contributed by atoms with van der Waals surface area (Å²) in [5.41, 5.74) is 2.32. The molecular weight excluding hydrogens is 343 g/mol. The van der Waals surface area contributed by atoms with Crippen molar-refractivity contribution in [1.82, 2.24) is 5.32 Å². The summed E-state index contributed by atoms with van der Waals surface area (Å²) in [7, 11) is 3.20. The van der Waals surface area contributed by atoms with Crippen LogP contribution >= 0.6 is 0 Å². The molecule has 1 N–H and O–H groups in total. The molecule has 0 bridgehead atoms. The van der Waals surface area contributed by atoms with E-state index in [-0.39, 0.29) is 6.04 Å². The smallest absolute Gasteiger partial charge is 0.416 e. The molecule has 0 unspecified atom stereocenters. The molecule has 1 atom stereocenters. The summed E-state index contributed by atoms with van der Waals surface area (Å²) in [4.78, 5) is 0. The molecule has 0 radical (unpaired) electrons. The van der Waals surface area contributed by atoms with Crippen LogP contribution in [0.2, 0.25) is 0 Å². The summed E-state index contributed by atoms with van der Waals surface area (Å²) in [6, 6.07) is 9.01. The van der Waals surface area contributed by atoms with Crippen molar-refractivity contribution in [2.45, 2.75) is 18.6 Å². The second-order valence-corrected chi connectivity index (χ2v) is 6.07. The Morgan fingerprint density at radius 3 is 2.31 bits per heavy atom. The Hall–Kier alpha value is -2.47. The molecule has 1 aliphatic rings. The first-order chi connectivity index (χ1) is 12.4. The van der Waals surface area contributed by atoms with E-state index >= 15 is 0 Å². The monoisotopic (exact) mass is 363 g/mol. The van der Waals surface area contributed by atoms with Gasteiger partial charge in [-0.05, 0) is 47.4 Å². The zero-order chi connectivity index (χ0) is 18.7. The van der Waals surface area contributed by atoms with Crippen molar-refractivity contribution in [3.63, 3.8) is 0 Å². The van der Waals surface area contributed by atoms with Crippen molar-refractivity contribution in [2.24, 2.45) is 0 Å². The molecule has 0 aromatic heterocycles. The Labute approximate surface area is 150 Å². The molecule has 138 valence electrons. The fourth-order valence-corrected chi connectivity index (χ4v) is 3.08. The highest BCUT2D eigenvalue weighted by atomic mass is 19.4. The summed E-state index contributed by atoms with van der Waals surface area (Å²) in [6.07, 6.45) is 0.332. The topological polar surface area (TPSA) is 30.5 Å². The fourth-order valence-electron chi connectivity index (χ4n) is 3.08. The van der Waals surface area contributed by atoms with Gasteiger partial charge in [0.15, 0.2) is 11.5 Å². The molecule has 0 saturated carbocycles. The van der Waals surface area contributed by atoms with E-state index in [1.807, 2.05) is 24.3 Å². The van der Waals surface area contributed by atoms with Crippen LogP contribution in [-0.2, 0) is 12.6 Å². The molecule has 0 aliphatic carbocycles. The van der Waals surface area contributed by atoms with Crippen molar-refractivity contribution in [3.05, 3.63) is 64.7 Å². The first-order valence-electron chi connectivity index (χ1n) is 8.26. The number of methoxy groups -OCH3 is 2. The largest absolute Gasteiger partial charge is 0.493 e. The van der Waals surface area contributed by atoms with Crippen LogP contribution in [0.1, 0.15) is 28.3 Å². The standard InChI is InChI=1S/C20H20F3NO2/c1-25-18-11-14-9-10-24-17(16(14)12-19(18)26-2)8-5-13-3-6-15(7-4-13)20(21,22)23/h3-8,11-12,17,24H,9-10H2,1-2H3/t17-/m0/s1. The summed E-state index contributed by atoms with van der Waals surface area (Å²) >= 11 is 0. The quantitative estimate of drug-likeness (QED) is 0.860. The number of rotatable bonds is 4. The third kappa shape index (κ3) is 3.85. The molecule has 3 nitrogen and oxygen atoms in total. The second-order valence-electron chi connectivity index (χ2n) is 6.07. The minimum absolute atomic E-state index is 0.0409. The molecule has 3 rings (SSSR count). The van der Waals surface area contributed by atoms with Crippen molar-refractivity contribution in [3.8, 4) is 11.5 Å². The number of ether oxygens (including phenoxy) is 2. The number of hydrogen-bond donors (Lipinski definition) is 1. The van der Waals surface area contributed by atoms with Crippen molar-refractivity contribution in [1.29, 1.82) is 0 Å². The van der Waals surface area contributed by atoms with Crippen LogP contribution in [-0.4, -0.2) is 20.8 Å². The third-order valence-electron chi connectivity index (χ3n) is 4.46. The van der Waals surface area contributed by atoms with Gasteiger partial charge >= 0.3 is 6.18 Å². The van der Waals surface area contributed by atoms with Crippen LogP contribution in [0.15, 0.2) is 42.5 Å². The lowest BCUT2D eigenvalue weighted by atomic mass is 9.93. The van der Waals surface area contributed by atoms with Crippen LogP contribution in [0, 0.1) is 0 Å². The second kappa shape index (κ2) is 7.41. The van der Waals surface area contributed by atoms with E-state index in [4.69, 9.17) is 9.47 Å². The summed E-state index contributed by atoms with van der Waals surface area (Å²) in [5, 5.41) is 3.41. The predicted molar refractivity (Wildman–Crippen MR) is 94.5 cm³/mol. The lowest BCUT2D eigenvalue weighted by Gasteiger charge is -2.26. The van der Waals surface area contributed by atoms with E-state index in [0.717, 1.165) is 30.7 Å². The Kier molecular flexibility index (Phi) is 5.23. The molecular formula is C20H20F3NO2. The number of fused-ring (bicyclic) bond motifs is 1. The van der Waals surface area contributed by atoms with Crippen LogP contribution in [0.5, 0.6) is 11.5 Å². The molecule has 2 aromatic carbocycles. The zero-order valence-electron chi connectivity index (χ0n) is 14.6. The first-order valence-corrected chi connectivity index (χ1v) is 8.26.